The fourth-order valence-electron chi connectivity index (χ4n) is 4.02. The number of carbonyl (C=O) groups excluding carboxylic acids is 1. The van der Waals surface area contributed by atoms with Crippen molar-refractivity contribution in [3.05, 3.63) is 99.9 Å². The summed E-state index contributed by atoms with van der Waals surface area (Å²) in [5, 5.41) is 9.65. The van der Waals surface area contributed by atoms with Gasteiger partial charge in [0.15, 0.2) is 24.7 Å². The number of nitrogens with zero attached hydrogens (tertiary/aromatic N) is 2. The number of pyridine rings is 1. The van der Waals surface area contributed by atoms with Gasteiger partial charge in [0, 0.05) is 23.1 Å². The van der Waals surface area contributed by atoms with Crippen molar-refractivity contribution >= 4 is 5.78 Å². The number of hydrogen-bond acceptors (Lipinski definition) is 2. The number of halogens is 1. The van der Waals surface area contributed by atoms with Gasteiger partial charge in [0.05, 0.1) is 0 Å². The number of Topliss-reactive ketones (excluding diaryl/α,β-unsaturated/α-hetero) is 1. The summed E-state index contributed by atoms with van der Waals surface area (Å²) in [5.74, 6) is 0.135. The SMILES string of the molecule is Cc1cc2c(cc1C)C(=O)C(Cc1cc[n+](Cc3ccccc3)cc1C#N)C2.[I-]. The Balaban J connectivity index is 0.00000240. The summed E-state index contributed by atoms with van der Waals surface area (Å²) in [6, 6.07) is 18.7. The minimum absolute atomic E-state index is 0. The molecule has 1 heterocycles. The molecule has 0 saturated carbocycles. The Kier molecular flexibility index (Phi) is 6.49. The number of ketones is 1. The summed E-state index contributed by atoms with van der Waals surface area (Å²) in [6.45, 7) is 4.86. The lowest BCUT2D eigenvalue weighted by atomic mass is 9.94. The van der Waals surface area contributed by atoms with Crippen LogP contribution in [-0.4, -0.2) is 5.78 Å². The van der Waals surface area contributed by atoms with Crippen LogP contribution in [0.4, 0.5) is 0 Å². The zero-order chi connectivity index (χ0) is 19.7. The molecular formula is C25H23IN2O. The summed E-state index contributed by atoms with van der Waals surface area (Å²) in [7, 11) is 0. The molecule has 29 heavy (non-hydrogen) atoms. The van der Waals surface area contributed by atoms with E-state index in [0.717, 1.165) is 35.2 Å². The summed E-state index contributed by atoms with van der Waals surface area (Å²) < 4.78 is 2.02. The molecule has 0 spiro atoms. The standard InChI is InChI=1S/C25H23N2O.HI/c1-17-10-21-13-22(25(28)24(21)11-18(17)2)12-20-8-9-27(16-23(20)14-26)15-19-6-4-3-5-7-19;/h3-11,16,22H,12-13,15H2,1-2H3;1H/q+1;/p-1. The molecule has 0 aliphatic heterocycles. The Bertz CT molecular complexity index is 1100. The molecule has 4 heteroatoms. The first-order valence-electron chi connectivity index (χ1n) is 9.65. The highest BCUT2D eigenvalue weighted by Gasteiger charge is 2.31. The van der Waals surface area contributed by atoms with E-state index in [1.54, 1.807) is 0 Å². The Hall–Kier alpha value is -2.52. The Morgan fingerprint density at radius 1 is 1.10 bits per heavy atom. The fourth-order valence-corrected chi connectivity index (χ4v) is 4.02. The maximum Gasteiger partial charge on any atom is 0.187 e. The van der Waals surface area contributed by atoms with Crippen LogP contribution in [0, 0.1) is 31.1 Å². The minimum atomic E-state index is -0.0757. The van der Waals surface area contributed by atoms with Gasteiger partial charge >= 0.3 is 0 Å². The smallest absolute Gasteiger partial charge is 0.187 e. The van der Waals surface area contributed by atoms with Crippen LogP contribution in [-0.2, 0) is 19.4 Å². The molecule has 3 nitrogen and oxygen atoms in total. The molecule has 1 aliphatic carbocycles. The average Bonchev–Trinajstić information content (AvgIpc) is 2.99. The van der Waals surface area contributed by atoms with E-state index in [2.05, 4.69) is 31.2 Å². The van der Waals surface area contributed by atoms with Crippen molar-refractivity contribution in [1.82, 2.24) is 0 Å². The molecule has 1 aliphatic rings. The maximum atomic E-state index is 12.9. The molecule has 2 aromatic carbocycles. The van der Waals surface area contributed by atoms with E-state index < -0.39 is 0 Å². The van der Waals surface area contributed by atoms with Crippen molar-refractivity contribution in [3.8, 4) is 6.07 Å². The van der Waals surface area contributed by atoms with Gasteiger partial charge in [-0.15, -0.1) is 0 Å². The summed E-state index contributed by atoms with van der Waals surface area (Å²) in [4.78, 5) is 12.9. The normalized spacial score (nSPS) is 14.8. The molecule has 0 fully saturated rings. The van der Waals surface area contributed by atoms with Gasteiger partial charge in [0.2, 0.25) is 0 Å². The highest BCUT2D eigenvalue weighted by Crippen LogP contribution is 2.31. The van der Waals surface area contributed by atoms with Crippen molar-refractivity contribution in [3.63, 3.8) is 0 Å². The van der Waals surface area contributed by atoms with Crippen LogP contribution in [0.1, 0.15) is 43.7 Å². The largest absolute Gasteiger partial charge is 1.00 e. The van der Waals surface area contributed by atoms with Crippen molar-refractivity contribution in [2.24, 2.45) is 5.92 Å². The van der Waals surface area contributed by atoms with Crippen LogP contribution in [0.5, 0.6) is 0 Å². The maximum absolute atomic E-state index is 12.9. The third kappa shape index (κ3) is 4.40. The molecule has 1 aromatic heterocycles. The van der Waals surface area contributed by atoms with Gasteiger partial charge in [-0.05, 0) is 55.0 Å². The van der Waals surface area contributed by atoms with Gasteiger partial charge in [-0.2, -0.15) is 9.83 Å². The number of benzene rings is 2. The van der Waals surface area contributed by atoms with Crippen LogP contribution < -0.4 is 28.5 Å². The zero-order valence-electron chi connectivity index (χ0n) is 16.7. The van der Waals surface area contributed by atoms with Crippen LogP contribution in [0.25, 0.3) is 0 Å². The van der Waals surface area contributed by atoms with Gasteiger partial charge in [-0.3, -0.25) is 4.79 Å². The highest BCUT2D eigenvalue weighted by molar-refractivity contribution is 6.02. The summed E-state index contributed by atoms with van der Waals surface area (Å²) in [6.07, 6.45) is 5.27. The number of rotatable bonds is 4. The Labute approximate surface area is 189 Å². The third-order valence-electron chi connectivity index (χ3n) is 5.72. The summed E-state index contributed by atoms with van der Waals surface area (Å²) >= 11 is 0. The number of fused-ring (bicyclic) bond motifs is 1. The monoisotopic (exact) mass is 494 g/mol. The third-order valence-corrected chi connectivity index (χ3v) is 5.72. The predicted octanol–water partition coefficient (Wildman–Crippen LogP) is 1.11. The van der Waals surface area contributed by atoms with Crippen molar-refractivity contribution < 1.29 is 33.3 Å². The van der Waals surface area contributed by atoms with E-state index in [4.69, 9.17) is 0 Å². The lowest BCUT2D eigenvalue weighted by Gasteiger charge is -2.09. The van der Waals surface area contributed by atoms with Crippen molar-refractivity contribution in [1.29, 1.82) is 5.26 Å². The Morgan fingerprint density at radius 2 is 1.83 bits per heavy atom. The molecule has 0 saturated heterocycles. The van der Waals surface area contributed by atoms with E-state index in [1.165, 1.54) is 11.1 Å². The second-order valence-corrected chi connectivity index (χ2v) is 7.72. The predicted molar refractivity (Wildman–Crippen MR) is 108 cm³/mol. The quantitative estimate of drug-likeness (QED) is 0.403. The highest BCUT2D eigenvalue weighted by atomic mass is 127. The van der Waals surface area contributed by atoms with Crippen LogP contribution in [0.3, 0.4) is 0 Å². The van der Waals surface area contributed by atoms with Crippen molar-refractivity contribution in [2.75, 3.05) is 0 Å². The van der Waals surface area contributed by atoms with Crippen LogP contribution in [0.15, 0.2) is 60.9 Å². The van der Waals surface area contributed by atoms with Gasteiger partial charge in [0.1, 0.15) is 11.6 Å². The fraction of sp³-hybridized carbons (Fsp3) is 0.240. The van der Waals surface area contributed by atoms with E-state index >= 15 is 0 Å². The van der Waals surface area contributed by atoms with Gasteiger partial charge in [0.25, 0.3) is 0 Å². The molecule has 3 aromatic rings. The Morgan fingerprint density at radius 3 is 2.55 bits per heavy atom. The number of hydrogen-bond donors (Lipinski definition) is 0. The number of aromatic nitrogens is 1. The first-order valence-corrected chi connectivity index (χ1v) is 9.65. The first-order chi connectivity index (χ1) is 13.5. The van der Waals surface area contributed by atoms with E-state index in [1.807, 2.05) is 54.2 Å². The second-order valence-electron chi connectivity index (χ2n) is 7.72. The molecule has 0 N–H and O–H groups in total. The first kappa shape index (κ1) is 21.2. The molecule has 4 rings (SSSR count). The second kappa shape index (κ2) is 8.87. The van der Waals surface area contributed by atoms with E-state index in [9.17, 15) is 10.1 Å². The van der Waals surface area contributed by atoms with Gasteiger partial charge < -0.3 is 24.0 Å². The molecule has 0 bridgehead atoms. The van der Waals surface area contributed by atoms with Gasteiger partial charge in [-0.25, -0.2) is 0 Å². The molecule has 0 amide bonds. The molecular weight excluding hydrogens is 471 g/mol. The topological polar surface area (TPSA) is 44.7 Å². The number of aryl methyl sites for hydroxylation is 2. The van der Waals surface area contributed by atoms with Crippen LogP contribution >= 0.6 is 0 Å². The van der Waals surface area contributed by atoms with E-state index in [-0.39, 0.29) is 35.7 Å². The molecule has 1 unspecified atom stereocenters. The lowest BCUT2D eigenvalue weighted by Crippen LogP contribution is -3.00. The molecule has 146 valence electrons. The summed E-state index contributed by atoms with van der Waals surface area (Å²) in [5.41, 5.74) is 7.18. The number of carbonyl (C=O) groups is 1. The zero-order valence-corrected chi connectivity index (χ0v) is 18.8. The lowest BCUT2D eigenvalue weighted by molar-refractivity contribution is -0.688. The van der Waals surface area contributed by atoms with Gasteiger partial charge in [-0.1, -0.05) is 36.4 Å². The molecule has 0 radical (unpaired) electrons. The van der Waals surface area contributed by atoms with E-state index in [0.29, 0.717) is 12.0 Å². The molecule has 1 atom stereocenters. The number of nitriles is 1. The minimum Gasteiger partial charge on any atom is -1.00 e. The van der Waals surface area contributed by atoms with Crippen LogP contribution in [0.2, 0.25) is 0 Å². The van der Waals surface area contributed by atoms with Crippen molar-refractivity contribution in [2.45, 2.75) is 33.2 Å². The average molecular weight is 494 g/mol.